The summed E-state index contributed by atoms with van der Waals surface area (Å²) in [5.74, 6) is 0. The van der Waals surface area contributed by atoms with Crippen LogP contribution in [0.15, 0.2) is 12.3 Å². The van der Waals surface area contributed by atoms with Crippen LogP contribution in [0.25, 0.3) is 0 Å². The smallest absolute Gasteiger partial charge is 0.230 e. The molecule has 0 amide bonds. The summed E-state index contributed by atoms with van der Waals surface area (Å²) in [4.78, 5) is 0. The first-order valence-electron chi connectivity index (χ1n) is 2.36. The maximum absolute atomic E-state index is 10.3. The lowest BCUT2D eigenvalue weighted by molar-refractivity contribution is -0.109. The Kier molecular flexibility index (Phi) is 1.32. The van der Waals surface area contributed by atoms with Gasteiger partial charge in [-0.3, -0.25) is 0 Å². The molecule has 1 radical (unpaired) electrons. The summed E-state index contributed by atoms with van der Waals surface area (Å²) in [5, 5.41) is 10.3. The average Bonchev–Trinajstić information content (AvgIpc) is 1.69. The maximum Gasteiger partial charge on any atom is 0.230 e. The molecule has 1 aliphatic rings. The first-order chi connectivity index (χ1) is 3.39. The third-order valence-corrected chi connectivity index (χ3v) is 0.896. The van der Waals surface area contributed by atoms with Gasteiger partial charge in [-0.25, -0.2) is 0 Å². The monoisotopic (exact) mass is 99.0 g/mol. The minimum Gasteiger partial charge on any atom is -0.470 e. The fourth-order valence-corrected chi connectivity index (χ4v) is 0.512. The van der Waals surface area contributed by atoms with Gasteiger partial charge in [0.25, 0.3) is 0 Å². The van der Waals surface area contributed by atoms with E-state index in [0.29, 0.717) is 6.42 Å². The highest BCUT2D eigenvalue weighted by Crippen LogP contribution is 2.06. The van der Waals surface area contributed by atoms with Crippen LogP contribution in [0.2, 0.25) is 0 Å². The van der Waals surface area contributed by atoms with Gasteiger partial charge in [0.1, 0.15) is 0 Å². The van der Waals surface area contributed by atoms with E-state index in [1.54, 1.807) is 0 Å². The van der Waals surface area contributed by atoms with E-state index >= 15 is 0 Å². The van der Waals surface area contributed by atoms with E-state index < -0.39 is 6.29 Å². The second-order valence-electron chi connectivity index (χ2n) is 1.51. The van der Waals surface area contributed by atoms with Gasteiger partial charge >= 0.3 is 0 Å². The van der Waals surface area contributed by atoms with Crippen LogP contribution < -0.4 is 0 Å². The molecule has 1 aliphatic heterocycles. The van der Waals surface area contributed by atoms with E-state index in [1.165, 1.54) is 6.26 Å². The number of hydrogen-bond acceptors (Lipinski definition) is 1. The Hall–Kier alpha value is -0.500. The molecular formula is C5H7O2. The Labute approximate surface area is 42.4 Å². The molecule has 1 atom stereocenters. The van der Waals surface area contributed by atoms with Crippen molar-refractivity contribution in [2.45, 2.75) is 19.1 Å². The molecule has 0 aromatic rings. The predicted octanol–water partition coefficient (Wildman–Crippen LogP) is 1.07. The highest BCUT2D eigenvalue weighted by atomic mass is 16.6. The van der Waals surface area contributed by atoms with Crippen LogP contribution in [-0.2, 0) is 9.84 Å². The number of rotatable bonds is 0. The zero-order valence-electron chi connectivity index (χ0n) is 3.96. The highest BCUT2D eigenvalue weighted by Gasteiger charge is 2.05. The fourth-order valence-electron chi connectivity index (χ4n) is 0.512. The third kappa shape index (κ3) is 1.20. The van der Waals surface area contributed by atoms with Crippen LogP contribution in [0.3, 0.4) is 0 Å². The molecule has 0 saturated heterocycles. The standard InChI is InChI=1S/C5H7O2/c6-5-3-1-2-4-7-5/h2,4-5H,1,3H2. The molecule has 0 aromatic carbocycles. The molecular weight excluding hydrogens is 92.1 g/mol. The van der Waals surface area contributed by atoms with Crippen molar-refractivity contribution >= 4 is 0 Å². The predicted molar refractivity (Wildman–Crippen MR) is 23.9 cm³/mol. The molecule has 1 rings (SSSR count). The highest BCUT2D eigenvalue weighted by molar-refractivity contribution is 4.78. The molecule has 1 unspecified atom stereocenters. The molecule has 39 valence electrons. The third-order valence-electron chi connectivity index (χ3n) is 0.896. The normalized spacial score (nSPS) is 29.6. The topological polar surface area (TPSA) is 29.1 Å². The van der Waals surface area contributed by atoms with Crippen molar-refractivity contribution in [1.82, 2.24) is 0 Å². The Bertz CT molecular complexity index is 78.1. The zero-order valence-corrected chi connectivity index (χ0v) is 3.96. The summed E-state index contributed by atoms with van der Waals surface area (Å²) < 4.78 is 4.54. The minimum atomic E-state index is -0.801. The van der Waals surface area contributed by atoms with Crippen LogP contribution in [0.1, 0.15) is 12.8 Å². The molecule has 2 heteroatoms. The van der Waals surface area contributed by atoms with Gasteiger partial charge in [0.05, 0.1) is 6.26 Å². The van der Waals surface area contributed by atoms with Gasteiger partial charge in [0.2, 0.25) is 6.29 Å². The number of allylic oxidation sites excluding steroid dienone is 1. The number of ether oxygens (including phenoxy) is 1. The van der Waals surface area contributed by atoms with Crippen LogP contribution >= 0.6 is 0 Å². The van der Waals surface area contributed by atoms with E-state index in [2.05, 4.69) is 4.74 Å². The minimum absolute atomic E-state index is 0.622. The molecule has 0 saturated carbocycles. The molecule has 1 heterocycles. The second-order valence-corrected chi connectivity index (χ2v) is 1.51. The first kappa shape index (κ1) is 4.65. The molecule has 0 aromatic heterocycles. The summed E-state index contributed by atoms with van der Waals surface area (Å²) in [5.41, 5.74) is 0. The van der Waals surface area contributed by atoms with Gasteiger partial charge in [-0.1, -0.05) is 0 Å². The van der Waals surface area contributed by atoms with Crippen LogP contribution in [-0.4, -0.2) is 6.29 Å². The van der Waals surface area contributed by atoms with E-state index in [-0.39, 0.29) is 0 Å². The molecule has 7 heavy (non-hydrogen) atoms. The largest absolute Gasteiger partial charge is 0.470 e. The molecule has 0 N–H and O–H groups in total. The lowest BCUT2D eigenvalue weighted by atomic mass is 10.3. The van der Waals surface area contributed by atoms with Gasteiger partial charge in [-0.15, -0.1) is 0 Å². The molecule has 2 nitrogen and oxygen atoms in total. The zero-order chi connectivity index (χ0) is 5.11. The van der Waals surface area contributed by atoms with E-state index in [1.807, 2.05) is 6.08 Å². The van der Waals surface area contributed by atoms with Crippen molar-refractivity contribution in [3.63, 3.8) is 0 Å². The van der Waals surface area contributed by atoms with Crippen LogP contribution in [0, 0.1) is 0 Å². The number of hydrogen-bond donors (Lipinski definition) is 0. The first-order valence-corrected chi connectivity index (χ1v) is 2.36. The lowest BCUT2D eigenvalue weighted by Crippen LogP contribution is -2.07. The Balaban J connectivity index is 2.32. The van der Waals surface area contributed by atoms with Crippen molar-refractivity contribution < 1.29 is 9.84 Å². The molecule has 0 fully saturated rings. The molecule has 0 aliphatic carbocycles. The quantitative estimate of drug-likeness (QED) is 0.446. The summed E-state index contributed by atoms with van der Waals surface area (Å²) in [7, 11) is 0. The average molecular weight is 99.1 g/mol. The summed E-state index contributed by atoms with van der Waals surface area (Å²) in [6.07, 6.45) is 4.02. The van der Waals surface area contributed by atoms with Crippen molar-refractivity contribution in [3.05, 3.63) is 12.3 Å². The molecule has 0 bridgehead atoms. The van der Waals surface area contributed by atoms with Gasteiger partial charge in [-0.05, 0) is 12.5 Å². The Morgan fingerprint density at radius 3 is 2.86 bits per heavy atom. The van der Waals surface area contributed by atoms with Crippen LogP contribution in [0.5, 0.6) is 0 Å². The summed E-state index contributed by atoms with van der Waals surface area (Å²) in [6, 6.07) is 0. The van der Waals surface area contributed by atoms with Gasteiger partial charge in [0, 0.05) is 6.42 Å². The SMILES string of the molecule is [O]C1CCC=CO1. The maximum atomic E-state index is 10.3. The Morgan fingerprint density at radius 2 is 2.57 bits per heavy atom. The van der Waals surface area contributed by atoms with E-state index in [4.69, 9.17) is 0 Å². The molecule has 0 spiro atoms. The Morgan fingerprint density at radius 1 is 1.71 bits per heavy atom. The summed E-state index contributed by atoms with van der Waals surface area (Å²) in [6.45, 7) is 0. The second kappa shape index (κ2) is 1.98. The van der Waals surface area contributed by atoms with Crippen molar-refractivity contribution in [3.8, 4) is 0 Å². The van der Waals surface area contributed by atoms with Gasteiger partial charge in [0.15, 0.2) is 0 Å². The van der Waals surface area contributed by atoms with E-state index in [0.717, 1.165) is 6.42 Å². The van der Waals surface area contributed by atoms with Crippen molar-refractivity contribution in [2.75, 3.05) is 0 Å². The fraction of sp³-hybridized carbons (Fsp3) is 0.600. The van der Waals surface area contributed by atoms with E-state index in [9.17, 15) is 5.11 Å². The lowest BCUT2D eigenvalue weighted by Gasteiger charge is -2.09. The van der Waals surface area contributed by atoms with Gasteiger partial charge in [-0.2, -0.15) is 5.11 Å². The van der Waals surface area contributed by atoms with Gasteiger partial charge < -0.3 is 4.74 Å². The van der Waals surface area contributed by atoms with Crippen molar-refractivity contribution in [1.29, 1.82) is 0 Å². The summed E-state index contributed by atoms with van der Waals surface area (Å²) >= 11 is 0. The van der Waals surface area contributed by atoms with Crippen LogP contribution in [0.4, 0.5) is 0 Å². The van der Waals surface area contributed by atoms with Crippen molar-refractivity contribution in [2.24, 2.45) is 0 Å².